The first-order valence-corrected chi connectivity index (χ1v) is 7.57. The van der Waals surface area contributed by atoms with E-state index in [1.807, 2.05) is 19.1 Å². The molecule has 20 heavy (non-hydrogen) atoms. The highest BCUT2D eigenvalue weighted by Gasteiger charge is 2.36. The molecule has 0 spiro atoms. The van der Waals surface area contributed by atoms with Crippen LogP contribution in [0.5, 0.6) is 0 Å². The molecule has 4 heteroatoms. The molecule has 0 amide bonds. The molecule has 0 aromatic heterocycles. The smallest absolute Gasteiger partial charge is 0.146 e. The van der Waals surface area contributed by atoms with Gasteiger partial charge in [0.15, 0.2) is 0 Å². The van der Waals surface area contributed by atoms with E-state index in [9.17, 15) is 4.39 Å². The van der Waals surface area contributed by atoms with Crippen molar-refractivity contribution in [2.24, 2.45) is 5.73 Å². The SMILES string of the molecule is CC(N)Cc1ccc(N2CCOC3CCCC32)c(F)c1. The molecule has 1 saturated heterocycles. The zero-order chi connectivity index (χ0) is 14.1. The van der Waals surface area contributed by atoms with Crippen LogP contribution >= 0.6 is 0 Å². The Hall–Kier alpha value is -1.13. The van der Waals surface area contributed by atoms with E-state index in [1.54, 1.807) is 6.07 Å². The van der Waals surface area contributed by atoms with Gasteiger partial charge >= 0.3 is 0 Å². The molecule has 1 saturated carbocycles. The largest absolute Gasteiger partial charge is 0.374 e. The van der Waals surface area contributed by atoms with Gasteiger partial charge in [-0.15, -0.1) is 0 Å². The maximum atomic E-state index is 14.4. The molecular weight excluding hydrogens is 255 g/mol. The zero-order valence-electron chi connectivity index (χ0n) is 12.0. The van der Waals surface area contributed by atoms with Gasteiger partial charge < -0.3 is 15.4 Å². The zero-order valence-corrected chi connectivity index (χ0v) is 12.0. The van der Waals surface area contributed by atoms with E-state index in [2.05, 4.69) is 4.90 Å². The lowest BCUT2D eigenvalue weighted by Gasteiger charge is -2.39. The van der Waals surface area contributed by atoms with Gasteiger partial charge in [-0.3, -0.25) is 0 Å². The van der Waals surface area contributed by atoms with Crippen LogP contribution in [-0.2, 0) is 11.2 Å². The molecule has 110 valence electrons. The highest BCUT2D eigenvalue weighted by atomic mass is 19.1. The van der Waals surface area contributed by atoms with Crippen LogP contribution in [0.25, 0.3) is 0 Å². The summed E-state index contributed by atoms with van der Waals surface area (Å²) >= 11 is 0. The summed E-state index contributed by atoms with van der Waals surface area (Å²) in [6.07, 6.45) is 4.38. The van der Waals surface area contributed by atoms with Gasteiger partial charge in [0.25, 0.3) is 0 Å². The van der Waals surface area contributed by atoms with Gasteiger partial charge in [0.1, 0.15) is 5.82 Å². The van der Waals surface area contributed by atoms with Crippen molar-refractivity contribution in [1.82, 2.24) is 0 Å². The number of rotatable bonds is 3. The first kappa shape index (κ1) is 13.8. The summed E-state index contributed by atoms with van der Waals surface area (Å²) in [5.74, 6) is -0.129. The van der Waals surface area contributed by atoms with Gasteiger partial charge in [-0.25, -0.2) is 4.39 Å². The molecule has 3 atom stereocenters. The minimum atomic E-state index is -0.129. The van der Waals surface area contributed by atoms with Gasteiger partial charge in [0.05, 0.1) is 24.4 Å². The van der Waals surface area contributed by atoms with Crippen LogP contribution in [0.4, 0.5) is 10.1 Å². The number of hydrogen-bond acceptors (Lipinski definition) is 3. The van der Waals surface area contributed by atoms with E-state index in [4.69, 9.17) is 10.5 Å². The fraction of sp³-hybridized carbons (Fsp3) is 0.625. The van der Waals surface area contributed by atoms with Gasteiger partial charge in [0.2, 0.25) is 0 Å². The molecule has 3 unspecified atom stereocenters. The summed E-state index contributed by atoms with van der Waals surface area (Å²) < 4.78 is 20.2. The predicted octanol–water partition coefficient (Wildman–Crippen LogP) is 2.47. The van der Waals surface area contributed by atoms with E-state index < -0.39 is 0 Å². The monoisotopic (exact) mass is 278 g/mol. The Morgan fingerprint density at radius 1 is 1.45 bits per heavy atom. The van der Waals surface area contributed by atoms with Crippen molar-refractivity contribution in [2.75, 3.05) is 18.1 Å². The average molecular weight is 278 g/mol. The fourth-order valence-electron chi connectivity index (χ4n) is 3.51. The summed E-state index contributed by atoms with van der Waals surface area (Å²) in [5, 5.41) is 0. The standard InChI is InChI=1S/C16H23FN2O/c1-11(18)9-12-5-6-14(13(17)10-12)19-7-8-20-16-4-2-3-15(16)19/h5-6,10-11,15-16H,2-4,7-9,18H2,1H3. The Morgan fingerprint density at radius 2 is 2.30 bits per heavy atom. The Bertz CT molecular complexity index is 478. The molecule has 1 aliphatic carbocycles. The van der Waals surface area contributed by atoms with Crippen LogP contribution in [0.15, 0.2) is 18.2 Å². The number of fused-ring (bicyclic) bond motifs is 1. The van der Waals surface area contributed by atoms with Crippen LogP contribution < -0.4 is 10.6 Å². The number of hydrogen-bond donors (Lipinski definition) is 1. The summed E-state index contributed by atoms with van der Waals surface area (Å²) in [6, 6.07) is 5.95. The third-order valence-corrected chi connectivity index (χ3v) is 4.36. The second-order valence-corrected chi connectivity index (χ2v) is 6.07. The first-order chi connectivity index (χ1) is 9.65. The van der Waals surface area contributed by atoms with Crippen LogP contribution in [0.3, 0.4) is 0 Å². The topological polar surface area (TPSA) is 38.5 Å². The minimum absolute atomic E-state index is 0.0582. The number of benzene rings is 1. The highest BCUT2D eigenvalue weighted by Crippen LogP contribution is 2.34. The Morgan fingerprint density at radius 3 is 3.05 bits per heavy atom. The number of anilines is 1. The van der Waals surface area contributed by atoms with Crippen molar-refractivity contribution in [2.45, 2.75) is 50.8 Å². The Labute approximate surface area is 119 Å². The summed E-state index contributed by atoms with van der Waals surface area (Å²) in [4.78, 5) is 2.20. The Balaban J connectivity index is 1.82. The molecule has 3 nitrogen and oxygen atoms in total. The lowest BCUT2D eigenvalue weighted by molar-refractivity contribution is 0.0254. The molecule has 2 aliphatic rings. The fourth-order valence-corrected chi connectivity index (χ4v) is 3.51. The molecule has 0 bridgehead atoms. The lowest BCUT2D eigenvalue weighted by atomic mass is 10.0. The minimum Gasteiger partial charge on any atom is -0.374 e. The number of nitrogens with zero attached hydrogens (tertiary/aromatic N) is 1. The maximum Gasteiger partial charge on any atom is 0.146 e. The van der Waals surface area contributed by atoms with E-state index in [-0.39, 0.29) is 18.0 Å². The molecule has 1 aromatic rings. The van der Waals surface area contributed by atoms with E-state index in [0.717, 1.165) is 30.6 Å². The highest BCUT2D eigenvalue weighted by molar-refractivity contribution is 5.51. The van der Waals surface area contributed by atoms with Crippen molar-refractivity contribution in [1.29, 1.82) is 0 Å². The number of nitrogens with two attached hydrogens (primary N) is 1. The second-order valence-electron chi connectivity index (χ2n) is 6.07. The predicted molar refractivity (Wildman–Crippen MR) is 78.5 cm³/mol. The van der Waals surface area contributed by atoms with E-state index >= 15 is 0 Å². The average Bonchev–Trinajstić information content (AvgIpc) is 2.86. The Kier molecular flexibility index (Phi) is 3.94. The molecular formula is C16H23FN2O. The van der Waals surface area contributed by atoms with E-state index in [0.29, 0.717) is 19.1 Å². The first-order valence-electron chi connectivity index (χ1n) is 7.57. The maximum absolute atomic E-state index is 14.4. The van der Waals surface area contributed by atoms with Crippen LogP contribution in [0, 0.1) is 5.82 Å². The van der Waals surface area contributed by atoms with Gasteiger partial charge in [0, 0.05) is 12.6 Å². The number of morpholine rings is 1. The summed E-state index contributed by atoms with van der Waals surface area (Å²) in [7, 11) is 0. The van der Waals surface area contributed by atoms with Crippen molar-refractivity contribution >= 4 is 5.69 Å². The molecule has 0 radical (unpaired) electrons. The van der Waals surface area contributed by atoms with Crippen molar-refractivity contribution < 1.29 is 9.13 Å². The molecule has 2 N–H and O–H groups in total. The third kappa shape index (κ3) is 2.67. The van der Waals surface area contributed by atoms with Crippen LogP contribution in [0.1, 0.15) is 31.7 Å². The normalized spacial score (nSPS) is 27.4. The van der Waals surface area contributed by atoms with Crippen molar-refractivity contribution in [3.8, 4) is 0 Å². The summed E-state index contributed by atoms with van der Waals surface area (Å²) in [5.41, 5.74) is 7.47. The number of halogens is 1. The molecule has 1 aromatic carbocycles. The molecule has 3 rings (SSSR count). The molecule has 2 fully saturated rings. The van der Waals surface area contributed by atoms with Crippen molar-refractivity contribution in [3.63, 3.8) is 0 Å². The summed E-state index contributed by atoms with van der Waals surface area (Å²) in [6.45, 7) is 3.42. The molecule has 1 aliphatic heterocycles. The van der Waals surface area contributed by atoms with Crippen LogP contribution in [0.2, 0.25) is 0 Å². The van der Waals surface area contributed by atoms with Gasteiger partial charge in [-0.1, -0.05) is 6.07 Å². The van der Waals surface area contributed by atoms with Gasteiger partial charge in [-0.2, -0.15) is 0 Å². The van der Waals surface area contributed by atoms with Gasteiger partial charge in [-0.05, 0) is 50.3 Å². The lowest BCUT2D eigenvalue weighted by Crippen LogP contribution is -2.49. The van der Waals surface area contributed by atoms with E-state index in [1.165, 1.54) is 6.42 Å². The quantitative estimate of drug-likeness (QED) is 0.923. The third-order valence-electron chi connectivity index (χ3n) is 4.36. The molecule has 1 heterocycles. The van der Waals surface area contributed by atoms with Crippen LogP contribution in [-0.4, -0.2) is 31.3 Å². The number of ether oxygens (including phenoxy) is 1. The second kappa shape index (κ2) is 5.70. The van der Waals surface area contributed by atoms with Crippen molar-refractivity contribution in [3.05, 3.63) is 29.6 Å².